The summed E-state index contributed by atoms with van der Waals surface area (Å²) in [4.78, 5) is 30.0. The first-order valence-electron chi connectivity index (χ1n) is 9.22. The van der Waals surface area contributed by atoms with Gasteiger partial charge in [-0.05, 0) is 35.6 Å². The minimum atomic E-state index is -0.639. The Labute approximate surface area is 158 Å². The molecule has 1 aromatic heterocycles. The Kier molecular flexibility index (Phi) is 4.44. The summed E-state index contributed by atoms with van der Waals surface area (Å²) in [6.07, 6.45) is 3.58. The third kappa shape index (κ3) is 3.21. The van der Waals surface area contributed by atoms with E-state index in [0.29, 0.717) is 0 Å². The van der Waals surface area contributed by atoms with Crippen LogP contribution in [0.2, 0.25) is 0 Å². The summed E-state index contributed by atoms with van der Waals surface area (Å²) in [6.45, 7) is 0. The SMILES string of the molecule is CN(C(=O)CC(C(N)=O)c1c[nH]c2ccccc12)C1Cc2ccccc2C1. The molecule has 0 aliphatic heterocycles. The van der Waals surface area contributed by atoms with Crippen molar-refractivity contribution in [2.75, 3.05) is 7.05 Å². The summed E-state index contributed by atoms with van der Waals surface area (Å²) < 4.78 is 0. The van der Waals surface area contributed by atoms with Gasteiger partial charge in [0.25, 0.3) is 0 Å². The molecule has 0 saturated carbocycles. The second kappa shape index (κ2) is 6.91. The maximum Gasteiger partial charge on any atom is 0.225 e. The van der Waals surface area contributed by atoms with Crippen LogP contribution < -0.4 is 5.73 Å². The summed E-state index contributed by atoms with van der Waals surface area (Å²) in [6, 6.07) is 16.2. The predicted molar refractivity (Wildman–Crippen MR) is 105 cm³/mol. The molecule has 1 aliphatic rings. The minimum absolute atomic E-state index is 0.0538. The number of para-hydroxylation sites is 1. The average molecular weight is 361 g/mol. The van der Waals surface area contributed by atoms with Crippen molar-refractivity contribution in [1.82, 2.24) is 9.88 Å². The van der Waals surface area contributed by atoms with Gasteiger partial charge in [0.15, 0.2) is 0 Å². The smallest absolute Gasteiger partial charge is 0.225 e. The van der Waals surface area contributed by atoms with E-state index in [4.69, 9.17) is 5.73 Å². The van der Waals surface area contributed by atoms with Crippen molar-refractivity contribution in [2.24, 2.45) is 5.73 Å². The van der Waals surface area contributed by atoms with Crippen LogP contribution in [0, 0.1) is 0 Å². The first-order valence-corrected chi connectivity index (χ1v) is 9.22. The molecule has 3 N–H and O–H groups in total. The minimum Gasteiger partial charge on any atom is -0.369 e. The van der Waals surface area contributed by atoms with Crippen LogP contribution in [0.1, 0.15) is 29.0 Å². The topological polar surface area (TPSA) is 79.2 Å². The molecule has 5 heteroatoms. The number of hydrogen-bond donors (Lipinski definition) is 2. The van der Waals surface area contributed by atoms with Crippen LogP contribution in [0.4, 0.5) is 0 Å². The number of hydrogen-bond acceptors (Lipinski definition) is 2. The molecule has 5 nitrogen and oxygen atoms in total. The van der Waals surface area contributed by atoms with Crippen molar-refractivity contribution in [3.05, 3.63) is 71.4 Å². The number of carbonyl (C=O) groups excluding carboxylic acids is 2. The van der Waals surface area contributed by atoms with E-state index in [9.17, 15) is 9.59 Å². The van der Waals surface area contributed by atoms with E-state index in [1.807, 2.05) is 43.4 Å². The Bertz CT molecular complexity index is 982. The summed E-state index contributed by atoms with van der Waals surface area (Å²) in [5, 5.41) is 0.935. The van der Waals surface area contributed by atoms with Crippen molar-refractivity contribution in [2.45, 2.75) is 31.2 Å². The zero-order valence-electron chi connectivity index (χ0n) is 15.3. The second-order valence-corrected chi connectivity index (χ2v) is 7.28. The van der Waals surface area contributed by atoms with Gasteiger partial charge in [-0.2, -0.15) is 0 Å². The van der Waals surface area contributed by atoms with Crippen LogP contribution in [-0.2, 0) is 22.4 Å². The first kappa shape index (κ1) is 17.3. The highest BCUT2D eigenvalue weighted by Gasteiger charge is 2.31. The molecule has 1 unspecified atom stereocenters. The number of likely N-dealkylation sites (N-methyl/N-ethyl adjacent to an activating group) is 1. The first-order chi connectivity index (χ1) is 13.0. The molecule has 3 aromatic rings. The molecular formula is C22H23N3O2. The predicted octanol–water partition coefficient (Wildman–Crippen LogP) is 2.75. The van der Waals surface area contributed by atoms with Crippen molar-refractivity contribution >= 4 is 22.7 Å². The van der Waals surface area contributed by atoms with E-state index in [0.717, 1.165) is 29.3 Å². The van der Waals surface area contributed by atoms with Gasteiger partial charge in [0, 0.05) is 36.6 Å². The monoisotopic (exact) mass is 361 g/mol. The highest BCUT2D eigenvalue weighted by molar-refractivity contribution is 5.94. The Morgan fingerprint density at radius 3 is 2.41 bits per heavy atom. The number of rotatable bonds is 5. The zero-order valence-corrected chi connectivity index (χ0v) is 15.3. The quantitative estimate of drug-likeness (QED) is 0.733. The van der Waals surface area contributed by atoms with Crippen LogP contribution in [0.25, 0.3) is 10.9 Å². The molecule has 0 saturated heterocycles. The maximum absolute atomic E-state index is 12.9. The van der Waals surface area contributed by atoms with E-state index < -0.39 is 11.8 Å². The molecule has 0 fully saturated rings. The van der Waals surface area contributed by atoms with Crippen molar-refractivity contribution in [3.8, 4) is 0 Å². The lowest BCUT2D eigenvalue weighted by atomic mass is 9.93. The van der Waals surface area contributed by atoms with Gasteiger partial charge in [-0.15, -0.1) is 0 Å². The highest BCUT2D eigenvalue weighted by Crippen LogP contribution is 2.30. The van der Waals surface area contributed by atoms with Gasteiger partial charge in [0.05, 0.1) is 5.92 Å². The van der Waals surface area contributed by atoms with Gasteiger partial charge in [0.1, 0.15) is 0 Å². The van der Waals surface area contributed by atoms with Crippen LogP contribution in [0.15, 0.2) is 54.7 Å². The van der Waals surface area contributed by atoms with E-state index in [-0.39, 0.29) is 18.4 Å². The number of primary amides is 1. The highest BCUT2D eigenvalue weighted by atomic mass is 16.2. The Morgan fingerprint density at radius 1 is 1.11 bits per heavy atom. The Balaban J connectivity index is 1.52. The fourth-order valence-corrected chi connectivity index (χ4v) is 4.08. The largest absolute Gasteiger partial charge is 0.369 e. The standard InChI is InChI=1S/C22H23N3O2/c1-25(16-10-14-6-2-3-7-15(14)11-16)21(26)12-18(22(23)27)19-13-24-20-9-5-4-8-17(19)20/h2-9,13,16,18,24H,10-12H2,1H3,(H2,23,27). The molecule has 4 rings (SSSR count). The van der Waals surface area contributed by atoms with Crippen molar-refractivity contribution in [1.29, 1.82) is 0 Å². The summed E-state index contributed by atoms with van der Waals surface area (Å²) >= 11 is 0. The average Bonchev–Trinajstić information content (AvgIpc) is 3.29. The van der Waals surface area contributed by atoms with E-state index in [1.165, 1.54) is 11.1 Å². The van der Waals surface area contributed by atoms with Crippen molar-refractivity contribution in [3.63, 3.8) is 0 Å². The number of nitrogens with zero attached hydrogens (tertiary/aromatic N) is 1. The molecule has 2 amide bonds. The molecule has 1 aliphatic carbocycles. The van der Waals surface area contributed by atoms with Crippen molar-refractivity contribution < 1.29 is 9.59 Å². The number of aromatic amines is 1. The lowest BCUT2D eigenvalue weighted by Crippen LogP contribution is -2.39. The third-order valence-corrected chi connectivity index (χ3v) is 5.69. The molecule has 27 heavy (non-hydrogen) atoms. The third-order valence-electron chi connectivity index (χ3n) is 5.69. The number of aromatic nitrogens is 1. The summed E-state index contributed by atoms with van der Waals surface area (Å²) in [7, 11) is 1.83. The second-order valence-electron chi connectivity index (χ2n) is 7.28. The summed E-state index contributed by atoms with van der Waals surface area (Å²) in [5.74, 6) is -1.17. The molecule has 138 valence electrons. The zero-order chi connectivity index (χ0) is 19.0. The Morgan fingerprint density at radius 2 is 1.74 bits per heavy atom. The van der Waals surface area contributed by atoms with Crippen LogP contribution in [-0.4, -0.2) is 34.8 Å². The number of carbonyl (C=O) groups is 2. The van der Waals surface area contributed by atoms with Gasteiger partial charge >= 0.3 is 0 Å². The summed E-state index contributed by atoms with van der Waals surface area (Å²) in [5.41, 5.74) is 9.98. The number of nitrogens with one attached hydrogen (secondary N) is 1. The van der Waals surface area contributed by atoms with Crippen LogP contribution >= 0.6 is 0 Å². The van der Waals surface area contributed by atoms with E-state index in [2.05, 4.69) is 17.1 Å². The number of H-pyrrole nitrogens is 1. The number of fused-ring (bicyclic) bond motifs is 2. The number of nitrogens with two attached hydrogens (primary N) is 1. The molecule has 2 aromatic carbocycles. The van der Waals surface area contributed by atoms with Crippen LogP contribution in [0.5, 0.6) is 0 Å². The molecule has 1 atom stereocenters. The number of amides is 2. The van der Waals surface area contributed by atoms with Gasteiger partial charge in [-0.3, -0.25) is 9.59 Å². The molecule has 1 heterocycles. The van der Waals surface area contributed by atoms with Gasteiger partial charge in [-0.25, -0.2) is 0 Å². The Hall–Kier alpha value is -3.08. The fraction of sp³-hybridized carbons (Fsp3) is 0.273. The van der Waals surface area contributed by atoms with Gasteiger partial charge in [-0.1, -0.05) is 42.5 Å². The normalized spacial score (nSPS) is 14.9. The van der Waals surface area contributed by atoms with E-state index >= 15 is 0 Å². The molecule has 0 spiro atoms. The van der Waals surface area contributed by atoms with Gasteiger partial charge in [0.2, 0.25) is 11.8 Å². The van der Waals surface area contributed by atoms with E-state index in [1.54, 1.807) is 11.1 Å². The lowest BCUT2D eigenvalue weighted by Gasteiger charge is -2.26. The van der Waals surface area contributed by atoms with Crippen LogP contribution in [0.3, 0.4) is 0 Å². The molecular weight excluding hydrogens is 338 g/mol. The lowest BCUT2D eigenvalue weighted by molar-refractivity contribution is -0.134. The molecule has 0 bridgehead atoms. The molecule has 0 radical (unpaired) electrons. The maximum atomic E-state index is 12.9. The van der Waals surface area contributed by atoms with Gasteiger partial charge < -0.3 is 15.6 Å². The fourth-order valence-electron chi connectivity index (χ4n) is 4.08. The number of benzene rings is 2.